The third-order valence-electron chi connectivity index (χ3n) is 2.66. The Bertz CT molecular complexity index is 366. The first kappa shape index (κ1) is 10.2. The number of hydrogen-bond acceptors (Lipinski definition) is 2. The monoisotopic (exact) mass is 212 g/mol. The molecule has 1 aliphatic rings. The van der Waals surface area contributed by atoms with Crippen molar-refractivity contribution in [3.63, 3.8) is 0 Å². The maximum absolute atomic E-state index is 13.5. The highest BCUT2D eigenvalue weighted by Gasteiger charge is 2.18. The normalized spacial score (nSPS) is 15.5. The molecule has 0 atom stereocenters. The molecule has 2 nitrogen and oxygen atoms in total. The summed E-state index contributed by atoms with van der Waals surface area (Å²) in [4.78, 5) is 1.99. The van der Waals surface area contributed by atoms with Crippen LogP contribution in [0.15, 0.2) is 12.1 Å². The van der Waals surface area contributed by atoms with Crippen molar-refractivity contribution in [2.24, 2.45) is 0 Å². The summed E-state index contributed by atoms with van der Waals surface area (Å²) in [5.74, 6) is -1.03. The van der Waals surface area contributed by atoms with E-state index in [2.05, 4.69) is 5.32 Å². The van der Waals surface area contributed by atoms with Crippen LogP contribution in [0.2, 0.25) is 0 Å². The first-order chi connectivity index (χ1) is 7.22. The Balaban J connectivity index is 2.50. The minimum absolute atomic E-state index is 0.427. The summed E-state index contributed by atoms with van der Waals surface area (Å²) >= 11 is 0. The van der Waals surface area contributed by atoms with Gasteiger partial charge in [-0.3, -0.25) is 0 Å². The SMILES string of the molecule is CCN1CCCNc2c(F)cc(F)cc21. The predicted octanol–water partition coefficient (Wildman–Crippen LogP) is 2.61. The average molecular weight is 212 g/mol. The molecule has 0 radical (unpaired) electrons. The zero-order valence-corrected chi connectivity index (χ0v) is 8.69. The zero-order valence-electron chi connectivity index (χ0n) is 8.69. The van der Waals surface area contributed by atoms with Gasteiger partial charge in [-0.2, -0.15) is 0 Å². The van der Waals surface area contributed by atoms with Crippen molar-refractivity contribution in [3.05, 3.63) is 23.8 Å². The number of halogens is 2. The first-order valence-corrected chi connectivity index (χ1v) is 5.20. The van der Waals surface area contributed by atoms with Crippen LogP contribution in [0.25, 0.3) is 0 Å². The maximum Gasteiger partial charge on any atom is 0.151 e. The summed E-state index contributed by atoms with van der Waals surface area (Å²) in [7, 11) is 0. The van der Waals surface area contributed by atoms with Crippen LogP contribution < -0.4 is 10.2 Å². The van der Waals surface area contributed by atoms with Crippen molar-refractivity contribution in [1.82, 2.24) is 0 Å². The molecule has 0 spiro atoms. The Labute approximate surface area is 87.9 Å². The molecule has 1 heterocycles. The Kier molecular flexibility index (Phi) is 2.75. The van der Waals surface area contributed by atoms with E-state index in [0.29, 0.717) is 11.4 Å². The van der Waals surface area contributed by atoms with Crippen molar-refractivity contribution in [2.45, 2.75) is 13.3 Å². The molecule has 2 rings (SSSR count). The van der Waals surface area contributed by atoms with E-state index in [9.17, 15) is 8.78 Å². The highest BCUT2D eigenvalue weighted by molar-refractivity contribution is 5.71. The summed E-state index contributed by atoms with van der Waals surface area (Å²) in [5.41, 5.74) is 1.06. The van der Waals surface area contributed by atoms with E-state index in [4.69, 9.17) is 0 Å². The van der Waals surface area contributed by atoms with Crippen molar-refractivity contribution >= 4 is 11.4 Å². The lowest BCUT2D eigenvalue weighted by Crippen LogP contribution is -2.23. The van der Waals surface area contributed by atoms with Gasteiger partial charge in [-0.1, -0.05) is 0 Å². The van der Waals surface area contributed by atoms with E-state index >= 15 is 0 Å². The fraction of sp³-hybridized carbons (Fsp3) is 0.455. The number of fused-ring (bicyclic) bond motifs is 1. The van der Waals surface area contributed by atoms with Gasteiger partial charge in [-0.05, 0) is 19.4 Å². The van der Waals surface area contributed by atoms with Crippen LogP contribution in [0.3, 0.4) is 0 Å². The molecule has 1 aromatic carbocycles. The number of anilines is 2. The van der Waals surface area contributed by atoms with Crippen LogP contribution in [0, 0.1) is 11.6 Å². The van der Waals surface area contributed by atoms with Crippen LogP contribution >= 0.6 is 0 Å². The van der Waals surface area contributed by atoms with Gasteiger partial charge in [-0.15, -0.1) is 0 Å². The van der Waals surface area contributed by atoms with Gasteiger partial charge < -0.3 is 10.2 Å². The highest BCUT2D eigenvalue weighted by atomic mass is 19.1. The van der Waals surface area contributed by atoms with E-state index in [0.717, 1.165) is 32.1 Å². The number of benzene rings is 1. The third-order valence-corrected chi connectivity index (χ3v) is 2.66. The molecule has 0 aliphatic carbocycles. The summed E-state index contributed by atoms with van der Waals surface area (Å²) in [6.07, 6.45) is 0.934. The van der Waals surface area contributed by atoms with Gasteiger partial charge in [0, 0.05) is 25.7 Å². The molecule has 0 aromatic heterocycles. The molecule has 1 aromatic rings. The molecular formula is C11H14F2N2. The van der Waals surface area contributed by atoms with Crippen LogP contribution in [-0.2, 0) is 0 Å². The van der Waals surface area contributed by atoms with Crippen LogP contribution in [0.5, 0.6) is 0 Å². The average Bonchev–Trinajstić information content (AvgIpc) is 2.39. The zero-order chi connectivity index (χ0) is 10.8. The molecule has 1 N–H and O–H groups in total. The Morgan fingerprint density at radius 1 is 1.40 bits per heavy atom. The number of rotatable bonds is 1. The second-order valence-corrected chi connectivity index (χ2v) is 3.64. The van der Waals surface area contributed by atoms with Crippen LogP contribution in [0.1, 0.15) is 13.3 Å². The van der Waals surface area contributed by atoms with Crippen molar-refractivity contribution < 1.29 is 8.78 Å². The molecule has 0 fully saturated rings. The summed E-state index contributed by atoms with van der Waals surface area (Å²) < 4.78 is 26.6. The number of nitrogens with one attached hydrogen (secondary N) is 1. The molecule has 1 aliphatic heterocycles. The molecule has 4 heteroatoms. The van der Waals surface area contributed by atoms with Gasteiger partial charge in [0.1, 0.15) is 5.82 Å². The van der Waals surface area contributed by atoms with Gasteiger partial charge in [0.25, 0.3) is 0 Å². The van der Waals surface area contributed by atoms with Crippen molar-refractivity contribution in [3.8, 4) is 0 Å². The van der Waals surface area contributed by atoms with E-state index in [1.807, 2.05) is 11.8 Å². The molecule has 0 bridgehead atoms. The quantitative estimate of drug-likeness (QED) is 0.769. The lowest BCUT2D eigenvalue weighted by molar-refractivity contribution is 0.585. The Morgan fingerprint density at radius 3 is 2.93 bits per heavy atom. The fourth-order valence-corrected chi connectivity index (χ4v) is 1.92. The third kappa shape index (κ3) is 1.89. The molecule has 0 saturated heterocycles. The second-order valence-electron chi connectivity index (χ2n) is 3.64. The lowest BCUT2D eigenvalue weighted by atomic mass is 10.2. The summed E-state index contributed by atoms with van der Waals surface area (Å²) in [6, 6.07) is 2.31. The van der Waals surface area contributed by atoms with Crippen LogP contribution in [-0.4, -0.2) is 19.6 Å². The summed E-state index contributed by atoms with van der Waals surface area (Å²) in [6.45, 7) is 4.31. The Hall–Kier alpha value is -1.32. The van der Waals surface area contributed by atoms with E-state index < -0.39 is 11.6 Å². The Morgan fingerprint density at radius 2 is 2.20 bits per heavy atom. The highest BCUT2D eigenvalue weighted by Crippen LogP contribution is 2.31. The molecular weight excluding hydrogens is 198 g/mol. The molecule has 82 valence electrons. The van der Waals surface area contributed by atoms with E-state index in [-0.39, 0.29) is 0 Å². The molecule has 0 unspecified atom stereocenters. The van der Waals surface area contributed by atoms with E-state index in [1.165, 1.54) is 6.07 Å². The van der Waals surface area contributed by atoms with Gasteiger partial charge in [0.05, 0.1) is 11.4 Å². The maximum atomic E-state index is 13.5. The topological polar surface area (TPSA) is 15.3 Å². The van der Waals surface area contributed by atoms with Gasteiger partial charge in [0.15, 0.2) is 5.82 Å². The second kappa shape index (κ2) is 4.04. The minimum Gasteiger partial charge on any atom is -0.381 e. The predicted molar refractivity (Wildman–Crippen MR) is 57.4 cm³/mol. The lowest BCUT2D eigenvalue weighted by Gasteiger charge is -2.22. The standard InChI is InChI=1S/C11H14F2N2/c1-2-15-5-3-4-14-11-9(13)6-8(12)7-10(11)15/h6-7,14H,2-5H2,1H3. The smallest absolute Gasteiger partial charge is 0.151 e. The van der Waals surface area contributed by atoms with Gasteiger partial charge in [-0.25, -0.2) is 8.78 Å². The minimum atomic E-state index is -0.520. The van der Waals surface area contributed by atoms with E-state index in [1.54, 1.807) is 0 Å². The molecule has 0 amide bonds. The fourth-order valence-electron chi connectivity index (χ4n) is 1.92. The number of nitrogens with zero attached hydrogens (tertiary/aromatic N) is 1. The summed E-state index contributed by atoms with van der Waals surface area (Å²) in [5, 5.41) is 3.00. The van der Waals surface area contributed by atoms with Crippen molar-refractivity contribution in [1.29, 1.82) is 0 Å². The molecule has 15 heavy (non-hydrogen) atoms. The largest absolute Gasteiger partial charge is 0.381 e. The van der Waals surface area contributed by atoms with Crippen molar-refractivity contribution in [2.75, 3.05) is 29.9 Å². The first-order valence-electron chi connectivity index (χ1n) is 5.20. The van der Waals surface area contributed by atoms with Gasteiger partial charge >= 0.3 is 0 Å². The number of hydrogen-bond donors (Lipinski definition) is 1. The van der Waals surface area contributed by atoms with Gasteiger partial charge in [0.2, 0.25) is 0 Å². The van der Waals surface area contributed by atoms with Crippen LogP contribution in [0.4, 0.5) is 20.2 Å². The molecule has 0 saturated carbocycles.